The van der Waals surface area contributed by atoms with Crippen molar-refractivity contribution < 1.29 is 0 Å². The molecule has 0 spiro atoms. The van der Waals surface area contributed by atoms with E-state index in [1.165, 1.54) is 0 Å². The Balaban J connectivity index is 1.91. The summed E-state index contributed by atoms with van der Waals surface area (Å²) in [6, 6.07) is 0.187. The van der Waals surface area contributed by atoms with Gasteiger partial charge in [0.25, 0.3) is 0 Å². The molecule has 0 aliphatic heterocycles. The molecule has 7 heteroatoms. The minimum absolute atomic E-state index is 0.187. The largest absolute Gasteiger partial charge is 0.303 e. The highest BCUT2D eigenvalue weighted by Gasteiger charge is 2.14. The third-order valence-corrected chi connectivity index (χ3v) is 4.22. The molecule has 0 aromatic carbocycles. The molecule has 2 heterocycles. The average Bonchev–Trinajstić information content (AvgIpc) is 2.93. The Morgan fingerprint density at radius 3 is 2.57 bits per heavy atom. The topological polar surface area (TPSA) is 68.5 Å². The van der Waals surface area contributed by atoms with Crippen LogP contribution < -0.4 is 5.32 Å². The zero-order valence-corrected chi connectivity index (χ0v) is 13.6. The third kappa shape index (κ3) is 4.50. The molecule has 0 aliphatic carbocycles. The fourth-order valence-corrected chi connectivity index (χ4v) is 2.62. The van der Waals surface area contributed by atoms with Crippen LogP contribution >= 0.6 is 11.8 Å². The Hall–Kier alpha value is -1.47. The molecule has 0 bridgehead atoms. The van der Waals surface area contributed by atoms with Gasteiger partial charge in [-0.1, -0.05) is 25.6 Å². The van der Waals surface area contributed by atoms with Crippen LogP contribution in [0, 0.1) is 0 Å². The van der Waals surface area contributed by atoms with E-state index in [1.54, 1.807) is 18.1 Å². The highest BCUT2D eigenvalue weighted by atomic mass is 32.2. The summed E-state index contributed by atoms with van der Waals surface area (Å²) >= 11 is 1.69. The number of rotatable bonds is 8. The second-order valence-electron chi connectivity index (χ2n) is 4.81. The maximum atomic E-state index is 4.38. The molecule has 0 radical (unpaired) electrons. The van der Waals surface area contributed by atoms with Crippen LogP contribution in [0.1, 0.15) is 44.1 Å². The quantitative estimate of drug-likeness (QED) is 0.596. The van der Waals surface area contributed by atoms with Crippen molar-refractivity contribution in [2.24, 2.45) is 7.05 Å². The molecule has 0 unspecified atom stereocenters. The summed E-state index contributed by atoms with van der Waals surface area (Å²) in [5.41, 5.74) is 1.08. The first-order valence-electron chi connectivity index (χ1n) is 7.25. The molecular formula is C14H22N6S. The van der Waals surface area contributed by atoms with Crippen LogP contribution in [0.4, 0.5) is 0 Å². The zero-order valence-electron chi connectivity index (χ0n) is 12.8. The molecule has 6 nitrogen and oxygen atoms in total. The van der Waals surface area contributed by atoms with Gasteiger partial charge in [0.2, 0.25) is 0 Å². The molecule has 0 saturated heterocycles. The average molecular weight is 306 g/mol. The van der Waals surface area contributed by atoms with Crippen LogP contribution in [0.3, 0.4) is 0 Å². The summed E-state index contributed by atoms with van der Waals surface area (Å²) < 4.78 is 1.81. The fraction of sp³-hybridized carbons (Fsp3) is 0.571. The molecule has 0 fully saturated rings. The smallest absolute Gasteiger partial charge is 0.187 e. The van der Waals surface area contributed by atoms with E-state index in [0.717, 1.165) is 41.7 Å². The molecule has 0 amide bonds. The van der Waals surface area contributed by atoms with Crippen LogP contribution in [0.2, 0.25) is 0 Å². The molecule has 0 aliphatic rings. The normalized spacial score (nSPS) is 12.5. The maximum absolute atomic E-state index is 4.38. The molecule has 2 aromatic rings. The van der Waals surface area contributed by atoms with Gasteiger partial charge in [-0.15, -0.1) is 0 Å². The zero-order chi connectivity index (χ0) is 15.1. The van der Waals surface area contributed by atoms with E-state index in [2.05, 4.69) is 39.2 Å². The number of aryl methyl sites for hydroxylation is 1. The van der Waals surface area contributed by atoms with E-state index in [-0.39, 0.29) is 6.04 Å². The third-order valence-electron chi connectivity index (χ3n) is 3.14. The molecule has 0 saturated carbocycles. The second-order valence-corrected chi connectivity index (χ2v) is 5.87. The molecule has 2 rings (SSSR count). The number of nitrogens with zero attached hydrogens (tertiary/aromatic N) is 5. The van der Waals surface area contributed by atoms with Crippen LogP contribution in [-0.2, 0) is 13.6 Å². The lowest BCUT2D eigenvalue weighted by Crippen LogP contribution is -2.23. The van der Waals surface area contributed by atoms with Gasteiger partial charge in [-0.05, 0) is 12.8 Å². The Kier molecular flexibility index (Phi) is 6.13. The maximum Gasteiger partial charge on any atom is 0.187 e. The van der Waals surface area contributed by atoms with E-state index in [0.29, 0.717) is 0 Å². The van der Waals surface area contributed by atoms with Crippen molar-refractivity contribution in [3.63, 3.8) is 0 Å². The fourth-order valence-electron chi connectivity index (χ4n) is 1.98. The molecule has 21 heavy (non-hydrogen) atoms. The second kappa shape index (κ2) is 8.09. The van der Waals surface area contributed by atoms with Crippen LogP contribution in [0.15, 0.2) is 23.9 Å². The minimum atomic E-state index is 0.187. The van der Waals surface area contributed by atoms with Crippen LogP contribution in [0.25, 0.3) is 0 Å². The molecule has 2 aromatic heterocycles. The SMILES string of the molecule is CCCSc1ncc(CN[C@H](CC)c2ncnn2C)cn1. The molecule has 1 N–H and O–H groups in total. The molecular weight excluding hydrogens is 284 g/mol. The van der Waals surface area contributed by atoms with E-state index in [9.17, 15) is 0 Å². The summed E-state index contributed by atoms with van der Waals surface area (Å²) in [5.74, 6) is 2.01. The highest BCUT2D eigenvalue weighted by molar-refractivity contribution is 7.99. The predicted molar refractivity (Wildman–Crippen MR) is 83.9 cm³/mol. The first kappa shape index (κ1) is 15.9. The van der Waals surface area contributed by atoms with Crippen molar-refractivity contribution in [3.05, 3.63) is 30.1 Å². The Morgan fingerprint density at radius 2 is 2.00 bits per heavy atom. The number of thioether (sulfide) groups is 1. The Labute approximate surface area is 129 Å². The van der Waals surface area contributed by atoms with Crippen molar-refractivity contribution in [3.8, 4) is 0 Å². The van der Waals surface area contributed by atoms with Gasteiger partial charge < -0.3 is 5.32 Å². The Bertz CT molecular complexity index is 539. The summed E-state index contributed by atoms with van der Waals surface area (Å²) in [5, 5.41) is 8.45. The molecule has 114 valence electrons. The lowest BCUT2D eigenvalue weighted by molar-refractivity contribution is 0.471. The minimum Gasteiger partial charge on any atom is -0.303 e. The van der Waals surface area contributed by atoms with Gasteiger partial charge in [-0.3, -0.25) is 4.68 Å². The van der Waals surface area contributed by atoms with Gasteiger partial charge in [0.05, 0.1) is 6.04 Å². The summed E-state index contributed by atoms with van der Waals surface area (Å²) in [4.78, 5) is 13.1. The van der Waals surface area contributed by atoms with Gasteiger partial charge in [0.15, 0.2) is 5.16 Å². The van der Waals surface area contributed by atoms with E-state index >= 15 is 0 Å². The van der Waals surface area contributed by atoms with Crippen molar-refractivity contribution >= 4 is 11.8 Å². The van der Waals surface area contributed by atoms with Crippen molar-refractivity contribution in [1.82, 2.24) is 30.0 Å². The van der Waals surface area contributed by atoms with Crippen LogP contribution in [-0.4, -0.2) is 30.5 Å². The monoisotopic (exact) mass is 306 g/mol. The van der Waals surface area contributed by atoms with Crippen molar-refractivity contribution in [1.29, 1.82) is 0 Å². The summed E-state index contributed by atoms with van der Waals surface area (Å²) in [6.45, 7) is 5.01. The van der Waals surface area contributed by atoms with Gasteiger partial charge in [0.1, 0.15) is 12.2 Å². The lowest BCUT2D eigenvalue weighted by Gasteiger charge is -2.15. The summed E-state index contributed by atoms with van der Waals surface area (Å²) in [6.07, 6.45) is 7.45. The van der Waals surface area contributed by atoms with Gasteiger partial charge in [-0.2, -0.15) is 5.10 Å². The first-order chi connectivity index (χ1) is 10.2. The van der Waals surface area contributed by atoms with Crippen molar-refractivity contribution in [2.75, 3.05) is 5.75 Å². The first-order valence-corrected chi connectivity index (χ1v) is 8.24. The number of hydrogen-bond donors (Lipinski definition) is 1. The standard InChI is InChI=1S/C14H22N6S/c1-4-6-21-14-16-8-11(9-17-14)7-15-12(5-2)13-18-10-19-20(13)3/h8-10,12,15H,4-7H2,1-3H3/t12-/m1/s1. The number of aromatic nitrogens is 5. The van der Waals surface area contributed by atoms with E-state index in [1.807, 2.05) is 24.1 Å². The van der Waals surface area contributed by atoms with Crippen LogP contribution in [0.5, 0.6) is 0 Å². The Morgan fingerprint density at radius 1 is 1.24 bits per heavy atom. The molecule has 1 atom stereocenters. The number of nitrogens with one attached hydrogen (secondary N) is 1. The highest BCUT2D eigenvalue weighted by Crippen LogP contribution is 2.15. The van der Waals surface area contributed by atoms with E-state index < -0.39 is 0 Å². The number of hydrogen-bond acceptors (Lipinski definition) is 6. The lowest BCUT2D eigenvalue weighted by atomic mass is 10.2. The van der Waals surface area contributed by atoms with Gasteiger partial charge in [-0.25, -0.2) is 15.0 Å². The predicted octanol–water partition coefficient (Wildman–Crippen LogP) is 2.35. The van der Waals surface area contributed by atoms with E-state index in [4.69, 9.17) is 0 Å². The van der Waals surface area contributed by atoms with Crippen molar-refractivity contribution in [2.45, 2.75) is 44.4 Å². The van der Waals surface area contributed by atoms with Gasteiger partial charge >= 0.3 is 0 Å². The van der Waals surface area contributed by atoms with Gasteiger partial charge in [0, 0.05) is 37.3 Å². The summed E-state index contributed by atoms with van der Waals surface area (Å²) in [7, 11) is 1.91.